The zero-order valence-electron chi connectivity index (χ0n) is 13.3. The largest absolute Gasteiger partial charge is 0.490 e. The van der Waals surface area contributed by atoms with Crippen molar-refractivity contribution in [1.82, 2.24) is 9.47 Å². The Labute approximate surface area is 130 Å². The van der Waals surface area contributed by atoms with Gasteiger partial charge in [0.2, 0.25) is 0 Å². The summed E-state index contributed by atoms with van der Waals surface area (Å²) < 4.78 is 27.1. The molecule has 120 valence electrons. The third-order valence-corrected chi connectivity index (χ3v) is 4.23. The Morgan fingerprint density at radius 3 is 2.77 bits per heavy atom. The van der Waals surface area contributed by atoms with Gasteiger partial charge in [0.1, 0.15) is 0 Å². The van der Waals surface area contributed by atoms with E-state index in [1.165, 1.54) is 6.07 Å². The van der Waals surface area contributed by atoms with Crippen LogP contribution in [0.1, 0.15) is 12.5 Å². The summed E-state index contributed by atoms with van der Waals surface area (Å²) in [5.74, 6) is 0.103. The van der Waals surface area contributed by atoms with Gasteiger partial charge in [0.15, 0.2) is 11.6 Å². The molecule has 2 heterocycles. The molecule has 1 fully saturated rings. The first kappa shape index (κ1) is 15.3. The molecule has 1 aromatic heterocycles. The van der Waals surface area contributed by atoms with Crippen LogP contribution in [0.15, 0.2) is 18.3 Å². The minimum absolute atomic E-state index is 0.284. The van der Waals surface area contributed by atoms with E-state index in [-0.39, 0.29) is 5.82 Å². The first-order valence-corrected chi connectivity index (χ1v) is 7.90. The molecule has 0 radical (unpaired) electrons. The molecule has 5 heteroatoms. The van der Waals surface area contributed by atoms with Crippen LogP contribution in [0.4, 0.5) is 4.39 Å². The Bertz CT molecular complexity index is 648. The van der Waals surface area contributed by atoms with Crippen molar-refractivity contribution in [3.63, 3.8) is 0 Å². The molecule has 3 rings (SSSR count). The van der Waals surface area contributed by atoms with Gasteiger partial charge < -0.3 is 14.0 Å². The van der Waals surface area contributed by atoms with Gasteiger partial charge in [-0.25, -0.2) is 4.39 Å². The van der Waals surface area contributed by atoms with E-state index in [9.17, 15) is 4.39 Å². The second-order valence-electron chi connectivity index (χ2n) is 5.67. The van der Waals surface area contributed by atoms with Crippen LogP contribution in [-0.4, -0.2) is 48.9 Å². The van der Waals surface area contributed by atoms with Crippen LogP contribution in [-0.2, 0) is 18.2 Å². The van der Waals surface area contributed by atoms with Gasteiger partial charge in [0.05, 0.1) is 25.3 Å². The average molecular weight is 306 g/mol. The Morgan fingerprint density at radius 1 is 1.27 bits per heavy atom. The predicted octanol–water partition coefficient (Wildman–Crippen LogP) is 2.59. The third kappa shape index (κ3) is 2.96. The van der Waals surface area contributed by atoms with E-state index in [0.717, 1.165) is 55.7 Å². The van der Waals surface area contributed by atoms with Crippen molar-refractivity contribution in [3.8, 4) is 5.75 Å². The fourth-order valence-electron chi connectivity index (χ4n) is 3.10. The van der Waals surface area contributed by atoms with Gasteiger partial charge in [-0.15, -0.1) is 0 Å². The van der Waals surface area contributed by atoms with Gasteiger partial charge in [-0.1, -0.05) is 0 Å². The van der Waals surface area contributed by atoms with Gasteiger partial charge in [0.25, 0.3) is 0 Å². The number of aromatic nitrogens is 1. The molecular formula is C17H23FN2O2. The van der Waals surface area contributed by atoms with Crippen molar-refractivity contribution in [1.29, 1.82) is 0 Å². The average Bonchev–Trinajstić information content (AvgIpc) is 2.85. The minimum Gasteiger partial charge on any atom is -0.490 e. The number of rotatable bonds is 5. The molecule has 1 aromatic carbocycles. The van der Waals surface area contributed by atoms with Gasteiger partial charge in [-0.3, -0.25) is 4.90 Å². The molecule has 0 bridgehead atoms. The molecule has 0 atom stereocenters. The van der Waals surface area contributed by atoms with E-state index in [4.69, 9.17) is 9.47 Å². The standard InChI is InChI=1S/C17H23FN2O2/c1-3-22-17-14(18)4-5-15-16(17)13(12-19(15)2)6-7-20-8-10-21-11-9-20/h4-5,12H,3,6-11H2,1-2H3. The molecule has 0 amide bonds. The van der Waals surface area contributed by atoms with Crippen molar-refractivity contribution in [2.75, 3.05) is 39.5 Å². The number of morpholine rings is 1. The highest BCUT2D eigenvalue weighted by Gasteiger charge is 2.17. The summed E-state index contributed by atoms with van der Waals surface area (Å²) in [6, 6.07) is 3.31. The van der Waals surface area contributed by atoms with Crippen LogP contribution in [0.5, 0.6) is 5.75 Å². The van der Waals surface area contributed by atoms with E-state index in [0.29, 0.717) is 12.4 Å². The van der Waals surface area contributed by atoms with E-state index in [1.54, 1.807) is 0 Å². The lowest BCUT2D eigenvalue weighted by molar-refractivity contribution is 0.0385. The first-order valence-electron chi connectivity index (χ1n) is 7.90. The lowest BCUT2D eigenvalue weighted by Crippen LogP contribution is -2.37. The summed E-state index contributed by atoms with van der Waals surface area (Å²) in [5, 5.41) is 0.914. The number of hydrogen-bond acceptors (Lipinski definition) is 3. The number of benzene rings is 1. The lowest BCUT2D eigenvalue weighted by atomic mass is 10.1. The molecule has 1 aliphatic rings. The smallest absolute Gasteiger partial charge is 0.165 e. The van der Waals surface area contributed by atoms with E-state index >= 15 is 0 Å². The predicted molar refractivity (Wildman–Crippen MR) is 85.0 cm³/mol. The summed E-state index contributed by atoms with van der Waals surface area (Å²) in [5.41, 5.74) is 2.16. The second-order valence-corrected chi connectivity index (χ2v) is 5.67. The highest BCUT2D eigenvalue weighted by Crippen LogP contribution is 2.33. The zero-order chi connectivity index (χ0) is 15.5. The Kier molecular flexibility index (Phi) is 4.64. The van der Waals surface area contributed by atoms with Crippen LogP contribution >= 0.6 is 0 Å². The van der Waals surface area contributed by atoms with Gasteiger partial charge in [-0.2, -0.15) is 0 Å². The highest BCUT2D eigenvalue weighted by molar-refractivity contribution is 5.90. The van der Waals surface area contributed by atoms with Crippen molar-refractivity contribution in [3.05, 3.63) is 29.7 Å². The topological polar surface area (TPSA) is 26.6 Å². The number of nitrogens with zero attached hydrogens (tertiary/aromatic N) is 2. The summed E-state index contributed by atoms with van der Waals surface area (Å²) >= 11 is 0. The van der Waals surface area contributed by atoms with Crippen molar-refractivity contribution in [2.24, 2.45) is 7.05 Å². The third-order valence-electron chi connectivity index (χ3n) is 4.23. The number of halogens is 1. The fourth-order valence-corrected chi connectivity index (χ4v) is 3.10. The first-order chi connectivity index (χ1) is 10.7. The summed E-state index contributed by atoms with van der Waals surface area (Å²) in [4.78, 5) is 2.39. The second kappa shape index (κ2) is 6.67. The maximum atomic E-state index is 14.1. The fraction of sp³-hybridized carbons (Fsp3) is 0.529. The molecule has 0 saturated carbocycles. The van der Waals surface area contributed by atoms with Crippen LogP contribution < -0.4 is 4.74 Å². The number of aryl methyl sites for hydroxylation is 1. The molecule has 0 N–H and O–H groups in total. The van der Waals surface area contributed by atoms with Crippen LogP contribution in [0, 0.1) is 5.82 Å². The van der Waals surface area contributed by atoms with Crippen molar-refractivity contribution in [2.45, 2.75) is 13.3 Å². The minimum atomic E-state index is -0.284. The Hall–Kier alpha value is -1.59. The molecular weight excluding hydrogens is 283 g/mol. The molecule has 0 unspecified atom stereocenters. The molecule has 2 aromatic rings. The SMILES string of the molecule is CCOc1c(F)ccc2c1c(CCN1CCOCC1)cn2C. The molecule has 1 saturated heterocycles. The molecule has 22 heavy (non-hydrogen) atoms. The maximum absolute atomic E-state index is 14.1. The van der Waals surface area contributed by atoms with Crippen LogP contribution in [0.3, 0.4) is 0 Å². The van der Waals surface area contributed by atoms with Gasteiger partial charge >= 0.3 is 0 Å². The normalized spacial score (nSPS) is 16.3. The summed E-state index contributed by atoms with van der Waals surface area (Å²) in [6.45, 7) is 6.85. The Morgan fingerprint density at radius 2 is 2.05 bits per heavy atom. The van der Waals surface area contributed by atoms with Gasteiger partial charge in [0, 0.05) is 38.3 Å². The monoisotopic (exact) mass is 306 g/mol. The molecule has 0 spiro atoms. The molecule has 1 aliphatic heterocycles. The quantitative estimate of drug-likeness (QED) is 0.849. The number of ether oxygens (including phenoxy) is 2. The molecule has 0 aliphatic carbocycles. The maximum Gasteiger partial charge on any atom is 0.165 e. The van der Waals surface area contributed by atoms with E-state index in [2.05, 4.69) is 11.1 Å². The number of fused-ring (bicyclic) bond motifs is 1. The number of hydrogen-bond donors (Lipinski definition) is 0. The van der Waals surface area contributed by atoms with E-state index < -0.39 is 0 Å². The van der Waals surface area contributed by atoms with Crippen molar-refractivity contribution < 1.29 is 13.9 Å². The molecule has 4 nitrogen and oxygen atoms in total. The van der Waals surface area contributed by atoms with Gasteiger partial charge in [-0.05, 0) is 31.0 Å². The lowest BCUT2D eigenvalue weighted by Gasteiger charge is -2.26. The summed E-state index contributed by atoms with van der Waals surface area (Å²) in [6.07, 6.45) is 2.98. The summed E-state index contributed by atoms with van der Waals surface area (Å²) in [7, 11) is 1.99. The van der Waals surface area contributed by atoms with Crippen LogP contribution in [0.25, 0.3) is 10.9 Å². The van der Waals surface area contributed by atoms with Crippen LogP contribution in [0.2, 0.25) is 0 Å². The highest BCUT2D eigenvalue weighted by atomic mass is 19.1. The zero-order valence-corrected chi connectivity index (χ0v) is 13.3. The van der Waals surface area contributed by atoms with Crippen molar-refractivity contribution >= 4 is 10.9 Å². The van der Waals surface area contributed by atoms with E-state index in [1.807, 2.05) is 24.6 Å². The Balaban J connectivity index is 1.89.